The highest BCUT2D eigenvalue weighted by atomic mass is 17.1. The van der Waals surface area contributed by atoms with Gasteiger partial charge in [-0.25, -0.2) is 0 Å². The summed E-state index contributed by atoms with van der Waals surface area (Å²) in [4.78, 5) is 15.1. The lowest BCUT2D eigenvalue weighted by Crippen LogP contribution is -3.36. The average Bonchev–Trinajstić information content (AvgIpc) is 2.68. The standard InChI is InChI=1S/C7H15N5O6/c1-17-3-10(14)5-2-4(9-13)7-6(5)8-12(16)18-11(7)15/h4-8,10-12H,2-3H2,1H3. The van der Waals surface area contributed by atoms with Crippen LogP contribution in [0.5, 0.6) is 0 Å². The minimum atomic E-state index is -0.900. The summed E-state index contributed by atoms with van der Waals surface area (Å²) < 4.78 is 4.73. The highest BCUT2D eigenvalue weighted by molar-refractivity contribution is 4.99. The molecule has 2 fully saturated rings. The third-order valence-electron chi connectivity index (χ3n) is 3.32. The van der Waals surface area contributed by atoms with Crippen LogP contribution in [0.2, 0.25) is 0 Å². The lowest BCUT2D eigenvalue weighted by atomic mass is 10.1. The molecular formula is C7H15N5O6. The van der Waals surface area contributed by atoms with Crippen LogP contribution >= 0.6 is 0 Å². The van der Waals surface area contributed by atoms with E-state index in [9.17, 15) is 20.5 Å². The molecule has 104 valence electrons. The Morgan fingerprint density at radius 1 is 1.61 bits per heavy atom. The van der Waals surface area contributed by atoms with Gasteiger partial charge in [0.05, 0.1) is 0 Å². The van der Waals surface area contributed by atoms with Crippen molar-refractivity contribution in [3.63, 3.8) is 0 Å². The quantitative estimate of drug-likeness (QED) is 0.172. The van der Waals surface area contributed by atoms with Crippen LogP contribution in [0.25, 0.3) is 0 Å². The number of quaternary nitrogens is 3. The smallest absolute Gasteiger partial charge is 0.181 e. The van der Waals surface area contributed by atoms with Gasteiger partial charge in [-0.2, -0.15) is 10.1 Å². The molecule has 2 rings (SSSR count). The average molecular weight is 265 g/mol. The predicted octanol–water partition coefficient (Wildman–Crippen LogP) is -5.25. The lowest BCUT2D eigenvalue weighted by molar-refractivity contribution is -1.35. The van der Waals surface area contributed by atoms with E-state index in [-0.39, 0.29) is 18.2 Å². The van der Waals surface area contributed by atoms with Crippen LogP contribution in [0.1, 0.15) is 6.42 Å². The number of nitrogens with zero attached hydrogens (tertiary/aromatic N) is 1. The van der Waals surface area contributed by atoms with Crippen molar-refractivity contribution in [3.05, 3.63) is 20.5 Å². The molecule has 1 saturated carbocycles. The van der Waals surface area contributed by atoms with Crippen molar-refractivity contribution in [2.75, 3.05) is 13.8 Å². The fraction of sp³-hybridized carbons (Fsp3) is 1.00. The first kappa shape index (κ1) is 13.7. The van der Waals surface area contributed by atoms with E-state index in [1.165, 1.54) is 7.11 Å². The Balaban J connectivity index is 2.15. The summed E-state index contributed by atoms with van der Waals surface area (Å²) in [5.74, 6) is 0. The first-order valence-electron chi connectivity index (χ1n) is 5.44. The maximum absolute atomic E-state index is 11.8. The predicted molar refractivity (Wildman–Crippen MR) is 54.6 cm³/mol. The zero-order valence-corrected chi connectivity index (χ0v) is 9.62. The molecule has 0 aromatic rings. The Kier molecular flexibility index (Phi) is 4.16. The molecule has 1 aliphatic carbocycles. The molecule has 0 aromatic heterocycles. The van der Waals surface area contributed by atoms with Gasteiger partial charge in [-0.05, 0) is 0 Å². The Labute approximate surface area is 102 Å². The molecule has 1 saturated heterocycles. The van der Waals surface area contributed by atoms with Gasteiger partial charge >= 0.3 is 0 Å². The molecule has 1 heterocycles. The molecule has 7 unspecified atom stereocenters. The van der Waals surface area contributed by atoms with E-state index in [4.69, 9.17) is 4.74 Å². The molecule has 0 radical (unpaired) electrons. The van der Waals surface area contributed by atoms with Gasteiger partial charge in [-0.15, -0.1) is 5.43 Å². The fourth-order valence-electron chi connectivity index (χ4n) is 2.55. The van der Waals surface area contributed by atoms with Crippen LogP contribution in [0.4, 0.5) is 0 Å². The summed E-state index contributed by atoms with van der Waals surface area (Å²) in [6, 6.07) is -3.11. The Morgan fingerprint density at radius 3 is 2.94 bits per heavy atom. The summed E-state index contributed by atoms with van der Waals surface area (Å²) >= 11 is 0. The molecule has 0 bridgehead atoms. The number of fused-ring (bicyclic) bond motifs is 1. The van der Waals surface area contributed by atoms with Gasteiger partial charge in [0, 0.05) is 18.5 Å². The first-order valence-corrected chi connectivity index (χ1v) is 5.44. The fourth-order valence-corrected chi connectivity index (χ4v) is 2.55. The van der Waals surface area contributed by atoms with Crippen LogP contribution in [-0.2, 0) is 9.68 Å². The van der Waals surface area contributed by atoms with Gasteiger partial charge in [-0.1, -0.05) is 10.5 Å². The number of hydrogen-bond donors (Lipinski definition) is 4. The van der Waals surface area contributed by atoms with E-state index in [2.05, 4.69) is 15.5 Å². The van der Waals surface area contributed by atoms with Crippen LogP contribution in [0.15, 0.2) is 5.18 Å². The SMILES string of the molecule is COC[NH+]([O-])C1CC(N=O)C2C1N[NH+]([O-])O[NH+]2[O-]. The van der Waals surface area contributed by atoms with E-state index < -0.39 is 34.7 Å². The molecule has 4 N–H and O–H groups in total. The third kappa shape index (κ3) is 2.35. The number of hydroxylamine groups is 4. The minimum absolute atomic E-state index is 0.121. The number of hydrogen-bond acceptors (Lipinski definition) is 8. The zero-order chi connectivity index (χ0) is 13.3. The van der Waals surface area contributed by atoms with Gasteiger partial charge in [0.2, 0.25) is 0 Å². The summed E-state index contributed by atoms with van der Waals surface area (Å²) in [5, 5.41) is 35.4. The molecule has 0 aromatic carbocycles. The number of nitroso groups, excluding NO2 is 1. The van der Waals surface area contributed by atoms with E-state index >= 15 is 0 Å². The second kappa shape index (κ2) is 5.48. The molecule has 11 heteroatoms. The van der Waals surface area contributed by atoms with Crippen LogP contribution in [0, 0.1) is 20.5 Å². The highest BCUT2D eigenvalue weighted by Gasteiger charge is 2.57. The van der Waals surface area contributed by atoms with E-state index in [1.807, 2.05) is 0 Å². The monoisotopic (exact) mass is 265 g/mol. The van der Waals surface area contributed by atoms with Gasteiger partial charge in [0.1, 0.15) is 6.04 Å². The molecule has 1 aliphatic heterocycles. The molecule has 11 nitrogen and oxygen atoms in total. The molecule has 18 heavy (non-hydrogen) atoms. The molecule has 0 spiro atoms. The zero-order valence-electron chi connectivity index (χ0n) is 9.62. The molecule has 0 amide bonds. The normalized spacial score (nSPS) is 45.6. The van der Waals surface area contributed by atoms with Crippen LogP contribution < -0.4 is 21.1 Å². The number of methoxy groups -OCH3 is 1. The van der Waals surface area contributed by atoms with Crippen molar-refractivity contribution >= 4 is 0 Å². The summed E-state index contributed by atoms with van der Waals surface area (Å²) in [6.45, 7) is -0.135. The largest absolute Gasteiger partial charge is 0.632 e. The van der Waals surface area contributed by atoms with Crippen molar-refractivity contribution in [1.29, 1.82) is 0 Å². The van der Waals surface area contributed by atoms with Crippen molar-refractivity contribution in [2.45, 2.75) is 30.6 Å². The molecule has 2 aliphatic rings. The van der Waals surface area contributed by atoms with Gasteiger partial charge < -0.3 is 25.4 Å². The first-order chi connectivity index (χ1) is 8.58. The molecular weight excluding hydrogens is 250 g/mol. The molecule has 7 atom stereocenters. The topological polar surface area (TPSA) is 142 Å². The van der Waals surface area contributed by atoms with Crippen molar-refractivity contribution in [2.24, 2.45) is 5.18 Å². The van der Waals surface area contributed by atoms with Crippen molar-refractivity contribution in [1.82, 2.24) is 5.43 Å². The van der Waals surface area contributed by atoms with E-state index in [0.717, 1.165) is 0 Å². The van der Waals surface area contributed by atoms with Gasteiger partial charge in [0.15, 0.2) is 24.9 Å². The van der Waals surface area contributed by atoms with Crippen LogP contribution in [0.3, 0.4) is 0 Å². The Bertz CT molecular complexity index is 308. The maximum atomic E-state index is 11.8. The van der Waals surface area contributed by atoms with Gasteiger partial charge in [-0.3, -0.25) is 0 Å². The lowest BCUT2D eigenvalue weighted by Gasteiger charge is -2.40. The number of nitrogens with one attached hydrogen (secondary N) is 4. The van der Waals surface area contributed by atoms with E-state index in [0.29, 0.717) is 0 Å². The summed E-state index contributed by atoms with van der Waals surface area (Å²) in [6.07, 6.45) is 0.121. The van der Waals surface area contributed by atoms with Gasteiger partial charge in [0.25, 0.3) is 0 Å². The second-order valence-corrected chi connectivity index (χ2v) is 4.32. The maximum Gasteiger partial charge on any atom is 0.181 e. The summed E-state index contributed by atoms with van der Waals surface area (Å²) in [7, 11) is 1.37. The number of rotatable bonds is 4. The highest BCUT2D eigenvalue weighted by Crippen LogP contribution is 2.20. The van der Waals surface area contributed by atoms with Crippen LogP contribution in [-0.4, -0.2) is 38.0 Å². The minimum Gasteiger partial charge on any atom is -0.632 e. The Morgan fingerprint density at radius 2 is 2.33 bits per heavy atom. The second-order valence-electron chi connectivity index (χ2n) is 4.32. The Hall–Kier alpha value is -0.760. The van der Waals surface area contributed by atoms with Crippen molar-refractivity contribution < 1.29 is 25.3 Å². The summed E-state index contributed by atoms with van der Waals surface area (Å²) in [5.41, 5.74) is 2.41. The third-order valence-corrected chi connectivity index (χ3v) is 3.32. The van der Waals surface area contributed by atoms with E-state index in [1.54, 1.807) is 0 Å². The van der Waals surface area contributed by atoms with Crippen molar-refractivity contribution in [3.8, 4) is 0 Å². The number of ether oxygens (including phenoxy) is 1.